The molecule has 0 atom stereocenters. The van der Waals surface area contributed by atoms with E-state index in [1.165, 1.54) is 0 Å². The van der Waals surface area contributed by atoms with Crippen LogP contribution in [0.3, 0.4) is 0 Å². The van der Waals surface area contributed by atoms with Crippen molar-refractivity contribution in [2.45, 2.75) is 13.0 Å². The average molecular weight is 447 g/mol. The van der Waals surface area contributed by atoms with Crippen molar-refractivity contribution < 1.29 is 9.59 Å². The Labute approximate surface area is 192 Å². The Kier molecular flexibility index (Phi) is 7.98. The molecule has 6 nitrogen and oxygen atoms in total. The summed E-state index contributed by atoms with van der Waals surface area (Å²) in [5.41, 5.74) is 8.46. The molecule has 0 radical (unpaired) electrons. The van der Waals surface area contributed by atoms with Crippen LogP contribution in [0.15, 0.2) is 72.8 Å². The molecule has 0 aliphatic rings. The van der Waals surface area contributed by atoms with E-state index < -0.39 is 0 Å². The number of hydrogen-bond donors (Lipinski definition) is 2. The van der Waals surface area contributed by atoms with Crippen LogP contribution >= 0.6 is 11.6 Å². The normalized spacial score (nSPS) is 10.3. The predicted molar refractivity (Wildman–Crippen MR) is 125 cm³/mol. The third kappa shape index (κ3) is 5.94. The number of nitrogens with zero attached hydrogens (tertiary/aromatic N) is 2. The Morgan fingerprint density at radius 1 is 1.00 bits per heavy atom. The molecule has 3 N–H and O–H groups in total. The van der Waals surface area contributed by atoms with Crippen LogP contribution in [0.1, 0.15) is 38.3 Å². The lowest BCUT2D eigenvalue weighted by atomic mass is 10.1. The Morgan fingerprint density at radius 2 is 1.72 bits per heavy atom. The third-order valence-corrected chi connectivity index (χ3v) is 5.25. The van der Waals surface area contributed by atoms with Gasteiger partial charge >= 0.3 is 0 Å². The van der Waals surface area contributed by atoms with Gasteiger partial charge in [-0.25, -0.2) is 0 Å². The van der Waals surface area contributed by atoms with Crippen molar-refractivity contribution in [2.24, 2.45) is 5.73 Å². The van der Waals surface area contributed by atoms with Crippen molar-refractivity contribution >= 4 is 29.1 Å². The molecule has 2 amide bonds. The number of nitrogens with one attached hydrogen (secondary N) is 1. The van der Waals surface area contributed by atoms with E-state index in [4.69, 9.17) is 22.6 Å². The fourth-order valence-corrected chi connectivity index (χ4v) is 3.35. The largest absolute Gasteiger partial charge is 0.334 e. The van der Waals surface area contributed by atoms with E-state index in [9.17, 15) is 9.59 Å². The number of rotatable bonds is 8. The van der Waals surface area contributed by atoms with Crippen LogP contribution in [0.25, 0.3) is 0 Å². The minimum atomic E-state index is -0.229. The van der Waals surface area contributed by atoms with Crippen LogP contribution in [-0.4, -0.2) is 29.8 Å². The summed E-state index contributed by atoms with van der Waals surface area (Å²) in [6, 6.07) is 22.6. The standard InChI is InChI=1S/C25H23ClN4O2/c26-23-12-11-22(29-24(31)19-5-2-1-3-6-19)15-21(23)17-30(14-4-13-27)25(32)20-9-7-18(16-28)8-10-20/h1-3,5-12,15H,4,13-14,17,27H2,(H,29,31). The van der Waals surface area contributed by atoms with Gasteiger partial charge in [0.1, 0.15) is 0 Å². The van der Waals surface area contributed by atoms with Crippen LogP contribution in [-0.2, 0) is 6.54 Å². The number of benzene rings is 3. The molecule has 0 aliphatic heterocycles. The lowest BCUT2D eigenvalue weighted by Gasteiger charge is -2.24. The minimum absolute atomic E-state index is 0.183. The zero-order valence-electron chi connectivity index (χ0n) is 17.4. The van der Waals surface area contributed by atoms with E-state index in [-0.39, 0.29) is 18.4 Å². The fourth-order valence-electron chi connectivity index (χ4n) is 3.18. The number of nitrogens with two attached hydrogens (primary N) is 1. The monoisotopic (exact) mass is 446 g/mol. The SMILES string of the molecule is N#Cc1ccc(C(=O)N(CCCN)Cc2cc(NC(=O)c3ccccc3)ccc2Cl)cc1. The number of nitriles is 1. The first-order chi connectivity index (χ1) is 15.5. The summed E-state index contributed by atoms with van der Waals surface area (Å²) in [7, 11) is 0. The number of hydrogen-bond acceptors (Lipinski definition) is 4. The molecule has 162 valence electrons. The molecular weight excluding hydrogens is 424 g/mol. The van der Waals surface area contributed by atoms with Crippen molar-refractivity contribution in [1.82, 2.24) is 4.90 Å². The molecular formula is C25H23ClN4O2. The maximum absolute atomic E-state index is 13.1. The zero-order valence-corrected chi connectivity index (χ0v) is 18.2. The second-order valence-electron chi connectivity index (χ2n) is 7.18. The molecule has 0 aliphatic carbocycles. The van der Waals surface area contributed by atoms with Crippen LogP contribution in [0.4, 0.5) is 5.69 Å². The van der Waals surface area contributed by atoms with E-state index in [0.717, 1.165) is 0 Å². The molecule has 0 unspecified atom stereocenters. The van der Waals surface area contributed by atoms with Crippen LogP contribution in [0.2, 0.25) is 5.02 Å². The minimum Gasteiger partial charge on any atom is -0.334 e. The van der Waals surface area contributed by atoms with Crippen LogP contribution in [0.5, 0.6) is 0 Å². The lowest BCUT2D eigenvalue weighted by molar-refractivity contribution is 0.0742. The molecule has 0 aromatic heterocycles. The van der Waals surface area contributed by atoms with Crippen molar-refractivity contribution in [3.8, 4) is 6.07 Å². The summed E-state index contributed by atoms with van der Waals surface area (Å²) in [4.78, 5) is 27.2. The van der Waals surface area contributed by atoms with Gasteiger partial charge in [-0.05, 0) is 73.1 Å². The molecule has 3 aromatic rings. The molecule has 0 saturated heterocycles. The number of amides is 2. The Balaban J connectivity index is 1.80. The van der Waals surface area contributed by atoms with E-state index in [1.54, 1.807) is 71.6 Å². The molecule has 32 heavy (non-hydrogen) atoms. The van der Waals surface area contributed by atoms with Gasteiger partial charge in [0.25, 0.3) is 11.8 Å². The Bertz CT molecular complexity index is 1120. The second kappa shape index (κ2) is 11.1. The van der Waals surface area contributed by atoms with Crippen molar-refractivity contribution in [3.63, 3.8) is 0 Å². The molecule has 7 heteroatoms. The number of carbonyl (C=O) groups is 2. The number of carbonyl (C=O) groups excluding carboxylic acids is 2. The highest BCUT2D eigenvalue weighted by molar-refractivity contribution is 6.31. The van der Waals surface area contributed by atoms with Gasteiger partial charge in [0.05, 0.1) is 11.6 Å². The second-order valence-corrected chi connectivity index (χ2v) is 7.59. The third-order valence-electron chi connectivity index (χ3n) is 4.88. The lowest BCUT2D eigenvalue weighted by Crippen LogP contribution is -2.32. The maximum Gasteiger partial charge on any atom is 0.255 e. The Hall–Kier alpha value is -3.66. The van der Waals surface area contributed by atoms with Crippen LogP contribution in [0, 0.1) is 11.3 Å². The van der Waals surface area contributed by atoms with Gasteiger partial charge in [-0.15, -0.1) is 0 Å². The van der Waals surface area contributed by atoms with E-state index >= 15 is 0 Å². The first-order valence-corrected chi connectivity index (χ1v) is 10.5. The number of anilines is 1. The molecule has 0 heterocycles. The molecule has 3 rings (SSSR count). The van der Waals surface area contributed by atoms with E-state index in [1.807, 2.05) is 12.1 Å². The Morgan fingerprint density at radius 3 is 2.38 bits per heavy atom. The highest BCUT2D eigenvalue weighted by Crippen LogP contribution is 2.24. The first kappa shape index (κ1) is 23.0. The van der Waals surface area contributed by atoms with Gasteiger partial charge in [-0.3, -0.25) is 9.59 Å². The van der Waals surface area contributed by atoms with Gasteiger partial charge in [0.15, 0.2) is 0 Å². The molecule has 3 aromatic carbocycles. The van der Waals surface area contributed by atoms with E-state index in [0.29, 0.717) is 52.5 Å². The quantitative estimate of drug-likeness (QED) is 0.533. The summed E-state index contributed by atoms with van der Waals surface area (Å²) in [6.07, 6.45) is 0.629. The summed E-state index contributed by atoms with van der Waals surface area (Å²) < 4.78 is 0. The smallest absolute Gasteiger partial charge is 0.255 e. The fraction of sp³-hybridized carbons (Fsp3) is 0.160. The van der Waals surface area contributed by atoms with Crippen molar-refractivity contribution in [2.75, 3.05) is 18.4 Å². The summed E-state index contributed by atoms with van der Waals surface area (Å²) in [5, 5.41) is 12.3. The van der Waals surface area contributed by atoms with Gasteiger partial charge in [0, 0.05) is 34.9 Å². The van der Waals surface area contributed by atoms with Gasteiger partial charge in [-0.1, -0.05) is 29.8 Å². The molecule has 0 fully saturated rings. The topological polar surface area (TPSA) is 99.2 Å². The predicted octanol–water partition coefficient (Wildman–Crippen LogP) is 4.46. The van der Waals surface area contributed by atoms with Gasteiger partial charge in [-0.2, -0.15) is 5.26 Å². The molecule has 0 spiro atoms. The maximum atomic E-state index is 13.1. The van der Waals surface area contributed by atoms with Gasteiger partial charge < -0.3 is 16.0 Å². The summed E-state index contributed by atoms with van der Waals surface area (Å²) in [5.74, 6) is -0.412. The van der Waals surface area contributed by atoms with Crippen LogP contribution < -0.4 is 11.1 Å². The van der Waals surface area contributed by atoms with Gasteiger partial charge in [0.2, 0.25) is 0 Å². The van der Waals surface area contributed by atoms with Crippen molar-refractivity contribution in [1.29, 1.82) is 5.26 Å². The van der Waals surface area contributed by atoms with Crippen molar-refractivity contribution in [3.05, 3.63) is 100 Å². The average Bonchev–Trinajstić information content (AvgIpc) is 2.83. The molecule has 0 bridgehead atoms. The summed E-state index contributed by atoms with van der Waals surface area (Å²) in [6.45, 7) is 1.15. The zero-order chi connectivity index (χ0) is 22.9. The number of halogens is 1. The highest BCUT2D eigenvalue weighted by Gasteiger charge is 2.18. The molecule has 0 saturated carbocycles. The van der Waals surface area contributed by atoms with E-state index in [2.05, 4.69) is 5.32 Å². The highest BCUT2D eigenvalue weighted by atomic mass is 35.5. The first-order valence-electron chi connectivity index (χ1n) is 10.2. The summed E-state index contributed by atoms with van der Waals surface area (Å²) >= 11 is 6.41.